The maximum atomic E-state index is 13.1. The summed E-state index contributed by atoms with van der Waals surface area (Å²) in [7, 11) is 3.24. The van der Waals surface area contributed by atoms with E-state index >= 15 is 0 Å². The molecule has 4 unspecified atom stereocenters. The Morgan fingerprint density at radius 3 is 2.57 bits per heavy atom. The van der Waals surface area contributed by atoms with Crippen LogP contribution in [0.5, 0.6) is 0 Å². The minimum atomic E-state index is -0.522. The van der Waals surface area contributed by atoms with Crippen molar-refractivity contribution in [3.05, 3.63) is 70.2 Å². The number of carbonyl (C=O) groups excluding carboxylic acids is 2. The second kappa shape index (κ2) is 14.9. The number of carbonyl (C=O) groups is 2. The standard InChI is InChI=1S/C28H38ClN3O5/c1-19(23-10-6-13-36-18-23)25(30-2)17-32-27(33)22-9-4-7-20(15-22)26(21-8-5-11-24(29)16-21)37-14-12-31-28(34)35-3/h4-5,7-9,11,15-16,19,23,25-26,30H,6,10,12-14,17-18H2,1-3H3,(H,31,34)(H,32,33). The van der Waals surface area contributed by atoms with Gasteiger partial charge in [0.25, 0.3) is 5.91 Å². The molecule has 0 aliphatic carbocycles. The van der Waals surface area contributed by atoms with Gasteiger partial charge in [-0.1, -0.05) is 42.8 Å². The van der Waals surface area contributed by atoms with E-state index in [0.717, 1.165) is 37.2 Å². The van der Waals surface area contributed by atoms with Crippen LogP contribution in [0.4, 0.5) is 4.79 Å². The summed E-state index contributed by atoms with van der Waals surface area (Å²) in [5.74, 6) is 0.707. The molecule has 3 rings (SSSR count). The maximum Gasteiger partial charge on any atom is 0.406 e. The second-order valence-electron chi connectivity index (χ2n) is 9.29. The average Bonchev–Trinajstić information content (AvgIpc) is 2.93. The molecule has 0 saturated carbocycles. The molecule has 2 aromatic rings. The van der Waals surface area contributed by atoms with Crippen molar-refractivity contribution >= 4 is 23.6 Å². The smallest absolute Gasteiger partial charge is 0.406 e. The highest BCUT2D eigenvalue weighted by Gasteiger charge is 2.27. The molecule has 1 fully saturated rings. The molecule has 3 N–H and O–H groups in total. The number of benzene rings is 2. The van der Waals surface area contributed by atoms with Crippen LogP contribution in [-0.2, 0) is 14.2 Å². The van der Waals surface area contributed by atoms with E-state index in [4.69, 9.17) is 21.1 Å². The Bertz CT molecular complexity index is 1010. The van der Waals surface area contributed by atoms with Crippen LogP contribution in [0.15, 0.2) is 48.5 Å². The number of halogens is 1. The van der Waals surface area contributed by atoms with Gasteiger partial charge in [-0.2, -0.15) is 0 Å². The third-order valence-corrected chi connectivity index (χ3v) is 7.11. The lowest BCUT2D eigenvalue weighted by molar-refractivity contribution is 0.0266. The van der Waals surface area contributed by atoms with Crippen LogP contribution in [-0.4, -0.2) is 65.1 Å². The first-order valence-corrected chi connectivity index (χ1v) is 13.1. The van der Waals surface area contributed by atoms with Crippen molar-refractivity contribution in [2.75, 3.05) is 47.1 Å². The summed E-state index contributed by atoms with van der Waals surface area (Å²) in [6.07, 6.45) is 1.24. The van der Waals surface area contributed by atoms with E-state index in [9.17, 15) is 9.59 Å². The highest BCUT2D eigenvalue weighted by atomic mass is 35.5. The zero-order valence-electron chi connectivity index (χ0n) is 21.8. The van der Waals surface area contributed by atoms with Crippen LogP contribution in [0, 0.1) is 11.8 Å². The summed E-state index contributed by atoms with van der Waals surface area (Å²) in [5, 5.41) is 9.65. The van der Waals surface area contributed by atoms with Gasteiger partial charge < -0.3 is 30.2 Å². The third kappa shape index (κ3) is 8.71. The van der Waals surface area contributed by atoms with Gasteiger partial charge in [0, 0.05) is 42.9 Å². The molecule has 1 heterocycles. The van der Waals surface area contributed by atoms with E-state index in [1.807, 2.05) is 43.4 Å². The minimum Gasteiger partial charge on any atom is -0.453 e. The third-order valence-electron chi connectivity index (χ3n) is 6.87. The van der Waals surface area contributed by atoms with Gasteiger partial charge in [0.2, 0.25) is 0 Å². The van der Waals surface area contributed by atoms with Gasteiger partial charge in [0.15, 0.2) is 0 Å². The Morgan fingerprint density at radius 1 is 1.14 bits per heavy atom. The molecule has 4 atom stereocenters. The van der Waals surface area contributed by atoms with E-state index in [1.54, 1.807) is 12.1 Å². The quantitative estimate of drug-likeness (QED) is 0.355. The number of ether oxygens (including phenoxy) is 3. The first kappa shape index (κ1) is 28.9. The monoisotopic (exact) mass is 531 g/mol. The zero-order chi connectivity index (χ0) is 26.6. The topological polar surface area (TPSA) is 97.9 Å². The van der Waals surface area contributed by atoms with E-state index in [-0.39, 0.29) is 25.1 Å². The highest BCUT2D eigenvalue weighted by Crippen LogP contribution is 2.29. The summed E-state index contributed by atoms with van der Waals surface area (Å²) in [5.41, 5.74) is 2.21. The number of likely N-dealkylation sites (N-methyl/N-ethyl adjacent to an activating group) is 1. The predicted octanol–water partition coefficient (Wildman–Crippen LogP) is 4.18. The maximum absolute atomic E-state index is 13.1. The molecule has 0 bridgehead atoms. The molecule has 8 nitrogen and oxygen atoms in total. The van der Waals surface area contributed by atoms with Crippen molar-refractivity contribution in [2.45, 2.75) is 31.9 Å². The van der Waals surface area contributed by atoms with Gasteiger partial charge >= 0.3 is 6.09 Å². The molecule has 1 saturated heterocycles. The van der Waals surface area contributed by atoms with E-state index in [1.165, 1.54) is 7.11 Å². The fourth-order valence-corrected chi connectivity index (χ4v) is 4.86. The van der Waals surface area contributed by atoms with E-state index in [2.05, 4.69) is 27.6 Å². The van der Waals surface area contributed by atoms with Gasteiger partial charge in [0.1, 0.15) is 6.10 Å². The first-order valence-electron chi connectivity index (χ1n) is 12.7. The van der Waals surface area contributed by atoms with Crippen LogP contribution in [0.2, 0.25) is 5.02 Å². The largest absolute Gasteiger partial charge is 0.453 e. The average molecular weight is 532 g/mol. The number of methoxy groups -OCH3 is 1. The summed E-state index contributed by atoms with van der Waals surface area (Å²) in [6.45, 7) is 4.87. The van der Waals surface area contributed by atoms with Gasteiger partial charge in [0.05, 0.1) is 13.7 Å². The molecule has 9 heteroatoms. The van der Waals surface area contributed by atoms with Crippen LogP contribution < -0.4 is 16.0 Å². The van der Waals surface area contributed by atoms with Crippen molar-refractivity contribution in [2.24, 2.45) is 11.8 Å². The molecule has 2 amide bonds. The van der Waals surface area contributed by atoms with Crippen molar-refractivity contribution in [1.82, 2.24) is 16.0 Å². The Balaban J connectivity index is 1.69. The number of alkyl carbamates (subject to hydrolysis) is 1. The molecular weight excluding hydrogens is 494 g/mol. The number of amides is 2. The van der Waals surface area contributed by atoms with Gasteiger partial charge in [-0.25, -0.2) is 4.79 Å². The molecule has 202 valence electrons. The van der Waals surface area contributed by atoms with Gasteiger partial charge in [-0.3, -0.25) is 4.79 Å². The number of hydrogen-bond acceptors (Lipinski definition) is 6. The number of rotatable bonds is 12. The second-order valence-corrected chi connectivity index (χ2v) is 9.73. The van der Waals surface area contributed by atoms with E-state index < -0.39 is 12.2 Å². The summed E-state index contributed by atoms with van der Waals surface area (Å²) < 4.78 is 16.4. The molecule has 0 radical (unpaired) electrons. The molecule has 37 heavy (non-hydrogen) atoms. The lowest BCUT2D eigenvalue weighted by atomic mass is 9.84. The first-order chi connectivity index (χ1) is 17.9. The molecule has 1 aliphatic rings. The van der Waals surface area contributed by atoms with Crippen molar-refractivity contribution in [3.63, 3.8) is 0 Å². The number of nitrogens with one attached hydrogen (secondary N) is 3. The van der Waals surface area contributed by atoms with Crippen LogP contribution in [0.3, 0.4) is 0 Å². The van der Waals surface area contributed by atoms with Gasteiger partial charge in [-0.05, 0) is 67.1 Å². The van der Waals surface area contributed by atoms with Crippen LogP contribution in [0.25, 0.3) is 0 Å². The Kier molecular flexibility index (Phi) is 11.7. The normalized spacial score (nSPS) is 17.9. The molecule has 0 spiro atoms. The minimum absolute atomic E-state index is 0.142. The van der Waals surface area contributed by atoms with Crippen molar-refractivity contribution in [3.8, 4) is 0 Å². The Morgan fingerprint density at radius 2 is 1.89 bits per heavy atom. The summed E-state index contributed by atoms with van der Waals surface area (Å²) >= 11 is 6.24. The van der Waals surface area contributed by atoms with Gasteiger partial charge in [-0.15, -0.1) is 0 Å². The predicted molar refractivity (Wildman–Crippen MR) is 144 cm³/mol. The van der Waals surface area contributed by atoms with Crippen molar-refractivity contribution < 1.29 is 23.8 Å². The fourth-order valence-electron chi connectivity index (χ4n) is 4.66. The molecular formula is C28H38ClN3O5. The van der Waals surface area contributed by atoms with Crippen LogP contribution in [0.1, 0.15) is 47.4 Å². The summed E-state index contributed by atoms with van der Waals surface area (Å²) in [6, 6.07) is 14.9. The molecule has 2 aromatic carbocycles. The zero-order valence-corrected chi connectivity index (χ0v) is 22.6. The number of hydrogen-bond donors (Lipinski definition) is 3. The Hall–Kier alpha value is -2.65. The molecule has 1 aliphatic heterocycles. The molecule has 0 aromatic heterocycles. The van der Waals surface area contributed by atoms with Crippen LogP contribution >= 0.6 is 11.6 Å². The van der Waals surface area contributed by atoms with Crippen molar-refractivity contribution in [1.29, 1.82) is 0 Å². The highest BCUT2D eigenvalue weighted by molar-refractivity contribution is 6.30. The van der Waals surface area contributed by atoms with E-state index in [0.29, 0.717) is 29.0 Å². The fraction of sp³-hybridized carbons (Fsp3) is 0.500. The lowest BCUT2D eigenvalue weighted by Crippen LogP contribution is -2.46. The Labute approximate surface area is 224 Å². The lowest BCUT2D eigenvalue weighted by Gasteiger charge is -2.33. The summed E-state index contributed by atoms with van der Waals surface area (Å²) in [4.78, 5) is 24.5. The SMILES string of the molecule is CNC(CNC(=O)c1cccc(C(OCCNC(=O)OC)c2cccc(Cl)c2)c1)C(C)C1CCCOC1.